The van der Waals surface area contributed by atoms with Crippen LogP contribution in [0, 0.1) is 0 Å². The van der Waals surface area contributed by atoms with E-state index in [0.717, 1.165) is 48.4 Å². The van der Waals surface area contributed by atoms with Crippen molar-refractivity contribution in [1.29, 1.82) is 0 Å². The molecule has 0 atom stereocenters. The summed E-state index contributed by atoms with van der Waals surface area (Å²) in [5.41, 5.74) is 1.78. The molecule has 4 rings (SSSR count). The van der Waals surface area contributed by atoms with Gasteiger partial charge >= 0.3 is 6.18 Å². The molecule has 9 heteroatoms. The second-order valence-corrected chi connectivity index (χ2v) is 7.48. The monoisotopic (exact) mass is 406 g/mol. The number of alkyl halides is 3. The zero-order valence-electron chi connectivity index (χ0n) is 15.0. The fraction of sp³-hybridized carbons (Fsp3) is 0.316. The van der Waals surface area contributed by atoms with Gasteiger partial charge in [0.15, 0.2) is 11.3 Å². The zero-order chi connectivity index (χ0) is 19.9. The summed E-state index contributed by atoms with van der Waals surface area (Å²) in [6.07, 6.45) is -1.57. The third-order valence-corrected chi connectivity index (χ3v) is 5.65. The smallest absolute Gasteiger partial charge is 0.387 e. The summed E-state index contributed by atoms with van der Waals surface area (Å²) in [5.74, 6) is 0.905. The largest absolute Gasteiger partial charge is 0.433 e. The Hall–Kier alpha value is -2.55. The lowest BCUT2D eigenvalue weighted by atomic mass is 9.85. The first-order chi connectivity index (χ1) is 13.4. The predicted octanol–water partition coefficient (Wildman–Crippen LogP) is 5.03. The van der Waals surface area contributed by atoms with Gasteiger partial charge in [0, 0.05) is 23.5 Å². The van der Waals surface area contributed by atoms with Gasteiger partial charge in [-0.05, 0) is 43.2 Å². The third kappa shape index (κ3) is 3.23. The number of rotatable bonds is 5. The van der Waals surface area contributed by atoms with Crippen LogP contribution in [-0.4, -0.2) is 27.2 Å². The van der Waals surface area contributed by atoms with Gasteiger partial charge in [-0.15, -0.1) is 0 Å². The first-order valence-corrected chi connectivity index (χ1v) is 9.69. The Bertz CT molecular complexity index is 1040. The number of hydrogen-bond acceptors (Lipinski definition) is 5. The Balaban J connectivity index is 1.95. The molecule has 2 heterocycles. The highest BCUT2D eigenvalue weighted by Crippen LogP contribution is 2.40. The second kappa shape index (κ2) is 7.12. The Morgan fingerprint density at radius 3 is 2.61 bits per heavy atom. The number of thioether (sulfide) groups is 1. The molecule has 1 saturated carbocycles. The van der Waals surface area contributed by atoms with Gasteiger partial charge in [-0.1, -0.05) is 18.2 Å². The number of carbonyl (C=O) groups is 1. The minimum absolute atomic E-state index is 0.177. The third-order valence-electron chi connectivity index (χ3n) is 4.96. The number of aromatic nitrogens is 3. The number of benzene rings is 1. The number of pyridine rings is 1. The van der Waals surface area contributed by atoms with Crippen LogP contribution in [0.5, 0.6) is 0 Å². The molecule has 28 heavy (non-hydrogen) atoms. The summed E-state index contributed by atoms with van der Waals surface area (Å²) in [6.45, 7) is 0. The Labute approximate surface area is 163 Å². The Kier molecular flexibility index (Phi) is 4.78. The maximum atomic E-state index is 13.2. The molecule has 2 aromatic heterocycles. The van der Waals surface area contributed by atoms with Crippen molar-refractivity contribution in [3.8, 4) is 5.69 Å². The first kappa shape index (κ1) is 18.8. The first-order valence-electron chi connectivity index (χ1n) is 8.81. The minimum Gasteiger partial charge on any atom is -0.387 e. The molecule has 1 fully saturated rings. The molecule has 0 bridgehead atoms. The summed E-state index contributed by atoms with van der Waals surface area (Å²) in [6, 6.07) is 7.70. The van der Waals surface area contributed by atoms with E-state index in [1.54, 1.807) is 29.8 Å². The van der Waals surface area contributed by atoms with Gasteiger partial charge in [-0.2, -0.15) is 13.2 Å². The van der Waals surface area contributed by atoms with Crippen LogP contribution in [0.3, 0.4) is 0 Å². The zero-order valence-corrected chi connectivity index (χ0v) is 15.8. The van der Waals surface area contributed by atoms with Gasteiger partial charge in [0.05, 0.1) is 5.69 Å². The lowest BCUT2D eigenvalue weighted by Gasteiger charge is -2.25. The van der Waals surface area contributed by atoms with Gasteiger partial charge in [0.1, 0.15) is 17.0 Å². The topological polar surface area (TPSA) is 59.8 Å². The van der Waals surface area contributed by atoms with E-state index in [-0.39, 0.29) is 11.6 Å². The van der Waals surface area contributed by atoms with Crippen molar-refractivity contribution in [3.63, 3.8) is 0 Å². The molecule has 146 valence electrons. The number of nitrogens with zero attached hydrogens (tertiary/aromatic N) is 3. The van der Waals surface area contributed by atoms with Crippen LogP contribution >= 0.6 is 11.8 Å². The normalized spacial score (nSPS) is 14.9. The molecule has 0 aliphatic heterocycles. The Morgan fingerprint density at radius 2 is 2.00 bits per heavy atom. The van der Waals surface area contributed by atoms with E-state index in [1.807, 2.05) is 0 Å². The molecule has 1 aliphatic carbocycles. The van der Waals surface area contributed by atoms with Gasteiger partial charge in [-0.3, -0.25) is 9.36 Å². The molecule has 0 radical (unpaired) electrons. The molecule has 3 aromatic rings. The number of hydrogen-bond donors (Lipinski definition) is 1. The Morgan fingerprint density at radius 1 is 1.21 bits per heavy atom. The van der Waals surface area contributed by atoms with Crippen molar-refractivity contribution in [2.24, 2.45) is 0 Å². The average molecular weight is 406 g/mol. The van der Waals surface area contributed by atoms with Gasteiger partial charge in [-0.25, -0.2) is 9.97 Å². The standard InChI is InChI=1S/C19H17F3N4OS/c1-23-13-6-5-12(9-15(13)28-10-27)26-17(11-3-2-4-11)24-14-7-8-16(19(20,21)22)25-18(14)26/h5-11,23H,2-4H2,1H3. The van der Waals surface area contributed by atoms with Crippen LogP contribution < -0.4 is 5.32 Å². The van der Waals surface area contributed by atoms with Crippen molar-refractivity contribution in [2.45, 2.75) is 36.3 Å². The molecule has 0 amide bonds. The van der Waals surface area contributed by atoms with Crippen molar-refractivity contribution >= 4 is 34.2 Å². The predicted molar refractivity (Wildman–Crippen MR) is 103 cm³/mol. The van der Waals surface area contributed by atoms with Gasteiger partial charge in [0.2, 0.25) is 0 Å². The van der Waals surface area contributed by atoms with E-state index in [4.69, 9.17) is 0 Å². The highest BCUT2D eigenvalue weighted by molar-refractivity contribution is 8.12. The molecule has 5 nitrogen and oxygen atoms in total. The second-order valence-electron chi connectivity index (χ2n) is 6.61. The average Bonchev–Trinajstić information content (AvgIpc) is 2.97. The van der Waals surface area contributed by atoms with Crippen molar-refractivity contribution in [2.75, 3.05) is 12.4 Å². The molecule has 0 unspecified atom stereocenters. The lowest BCUT2D eigenvalue weighted by Crippen LogP contribution is -2.15. The van der Waals surface area contributed by atoms with Crippen molar-refractivity contribution in [1.82, 2.24) is 14.5 Å². The fourth-order valence-corrected chi connectivity index (χ4v) is 3.92. The maximum Gasteiger partial charge on any atom is 0.433 e. The molecular weight excluding hydrogens is 389 g/mol. The number of carbonyl (C=O) groups excluding carboxylic acids is 1. The van der Waals surface area contributed by atoms with Gasteiger partial charge < -0.3 is 5.32 Å². The van der Waals surface area contributed by atoms with Crippen LogP contribution in [0.25, 0.3) is 16.9 Å². The van der Waals surface area contributed by atoms with Crippen LogP contribution in [0.2, 0.25) is 0 Å². The van der Waals surface area contributed by atoms with E-state index in [0.29, 0.717) is 21.9 Å². The van der Waals surface area contributed by atoms with Crippen LogP contribution in [0.4, 0.5) is 18.9 Å². The summed E-state index contributed by atoms with van der Waals surface area (Å²) >= 11 is 1.01. The lowest BCUT2D eigenvalue weighted by molar-refractivity contribution is -0.141. The van der Waals surface area contributed by atoms with Crippen LogP contribution in [0.1, 0.15) is 36.7 Å². The fourth-order valence-electron chi connectivity index (χ4n) is 3.33. The molecule has 0 spiro atoms. The van der Waals surface area contributed by atoms with E-state index in [9.17, 15) is 18.0 Å². The van der Waals surface area contributed by atoms with E-state index >= 15 is 0 Å². The van der Waals surface area contributed by atoms with Gasteiger partial charge in [0.25, 0.3) is 0 Å². The van der Waals surface area contributed by atoms with Crippen molar-refractivity contribution in [3.05, 3.63) is 41.9 Å². The van der Waals surface area contributed by atoms with Crippen LogP contribution in [-0.2, 0) is 11.0 Å². The maximum absolute atomic E-state index is 13.2. The van der Waals surface area contributed by atoms with E-state index in [1.165, 1.54) is 6.07 Å². The number of nitrogens with one attached hydrogen (secondary N) is 1. The quantitative estimate of drug-likeness (QED) is 0.476. The number of halogens is 3. The summed E-state index contributed by atoms with van der Waals surface area (Å²) in [5, 5.41) is 3.01. The number of anilines is 1. The summed E-state index contributed by atoms with van der Waals surface area (Å²) in [4.78, 5) is 20.2. The van der Waals surface area contributed by atoms with E-state index in [2.05, 4.69) is 15.3 Å². The molecule has 0 saturated heterocycles. The molecule has 1 aliphatic rings. The molecular formula is C19H17F3N4OS. The van der Waals surface area contributed by atoms with Crippen LogP contribution in [0.15, 0.2) is 35.2 Å². The van der Waals surface area contributed by atoms with Crippen molar-refractivity contribution < 1.29 is 18.0 Å². The molecule has 1 aromatic carbocycles. The van der Waals surface area contributed by atoms with E-state index < -0.39 is 11.9 Å². The summed E-state index contributed by atoms with van der Waals surface area (Å²) in [7, 11) is 1.74. The highest BCUT2D eigenvalue weighted by atomic mass is 32.2. The minimum atomic E-state index is -4.53. The number of fused-ring (bicyclic) bond motifs is 1. The highest BCUT2D eigenvalue weighted by Gasteiger charge is 2.34. The molecule has 1 N–H and O–H groups in total. The number of imidazole rings is 1. The summed E-state index contributed by atoms with van der Waals surface area (Å²) < 4.78 is 41.3. The SMILES string of the molecule is CNc1ccc(-n2c(C3CCC3)nc3ccc(C(F)(F)F)nc32)cc1SC=O.